The third kappa shape index (κ3) is 22.0. The number of alkyl halides is 3. The van der Waals surface area contributed by atoms with E-state index in [1.54, 1.807) is 46.8 Å². The standard InChI is InChI=1S/C73H111F3N12O16/c1-17-22-25-34-87-53(39-60(93)104-36-18-2)67(98)82(11)40-56(89)77-50(33-31-47-30-32-49(73(74,75)76)55(37-47)102-16)65(96)88-35-26-29-51(88)64(95)79-72(44-71(7,8)45-72)70(101)86(15)62(48-27-23-24-28-48)69(100)85(14)52(66(97)80(9)20-4)38-57(90)84(13)54(43-103-21-5)63(94)78-61(46(6)19-3)68(99)83(12)41-58(91)81(10)42-59(87)92/h17-18,22,30,32,37,46,48,50-54,61-62H,2,19-21,23-29,31,33-36,38-45H2,1,3-16H3,(H,77,89)(H,78,94)(H,79,95)/b22-17-/t46-,50-,51-,52-,53?,54-,61?,62-/m0/s1. The van der Waals surface area contributed by atoms with Crippen molar-refractivity contribution in [1.82, 2.24) is 60.0 Å². The molecule has 3 N–H and O–H groups in total. The Bertz CT molecular complexity index is 3300. The molecule has 2 saturated carbocycles. The number of allylic oxidation sites excluding steroid dienone is 1. The Kier molecular flexibility index (Phi) is 31.8. The number of likely N-dealkylation sites (N-methyl/N-ethyl adjacent to an activating group) is 7. The van der Waals surface area contributed by atoms with Crippen molar-refractivity contribution in [2.24, 2.45) is 17.3 Å². The third-order valence-corrected chi connectivity index (χ3v) is 20.5. The van der Waals surface area contributed by atoms with Gasteiger partial charge >= 0.3 is 12.1 Å². The summed E-state index contributed by atoms with van der Waals surface area (Å²) in [5, 5.41) is 8.49. The fourth-order valence-corrected chi connectivity index (χ4v) is 14.3. The number of rotatable bonds is 19. The first-order valence-electron chi connectivity index (χ1n) is 35.9. The van der Waals surface area contributed by atoms with Crippen molar-refractivity contribution < 1.29 is 89.7 Å². The van der Waals surface area contributed by atoms with Crippen LogP contribution in [0.1, 0.15) is 143 Å². The van der Waals surface area contributed by atoms with Crippen molar-refractivity contribution in [3.05, 3.63) is 54.1 Å². The number of methoxy groups -OCH3 is 1. The quantitative estimate of drug-likeness (QED) is 0.132. The minimum absolute atomic E-state index is 0.0342. The number of benzene rings is 1. The highest BCUT2D eigenvalue weighted by atomic mass is 19.4. The number of aryl methyl sites for hydroxylation is 1. The Labute approximate surface area is 609 Å². The lowest BCUT2D eigenvalue weighted by Gasteiger charge is -2.54. The number of hydrogen-bond acceptors (Lipinski definition) is 16. The molecule has 0 radical (unpaired) electrons. The third-order valence-electron chi connectivity index (χ3n) is 20.5. The molecule has 1 spiro atoms. The Hall–Kier alpha value is -8.64. The van der Waals surface area contributed by atoms with Crippen molar-refractivity contribution in [3.63, 3.8) is 0 Å². The number of nitrogens with zero attached hydrogens (tertiary/aromatic N) is 9. The van der Waals surface area contributed by atoms with Crippen LogP contribution in [-0.2, 0) is 84.4 Å². The highest BCUT2D eigenvalue weighted by Crippen LogP contribution is 2.50. The Morgan fingerprint density at radius 1 is 0.779 bits per heavy atom. The maximum Gasteiger partial charge on any atom is 0.419 e. The van der Waals surface area contributed by atoms with Crippen LogP contribution in [0.5, 0.6) is 5.75 Å². The maximum atomic E-state index is 15.7. The second-order valence-corrected chi connectivity index (χ2v) is 28.7. The van der Waals surface area contributed by atoms with Gasteiger partial charge in [0.1, 0.15) is 60.2 Å². The molecule has 1 aromatic carbocycles. The van der Waals surface area contributed by atoms with Gasteiger partial charge in [0.15, 0.2) is 0 Å². The number of esters is 1. The molecule has 4 fully saturated rings. The van der Waals surface area contributed by atoms with Crippen LogP contribution in [0, 0.1) is 17.3 Å². The first-order chi connectivity index (χ1) is 48.9. The van der Waals surface area contributed by atoms with Gasteiger partial charge in [-0.25, -0.2) is 0 Å². The van der Waals surface area contributed by atoms with Crippen LogP contribution in [0.2, 0.25) is 0 Å². The molecular formula is C73H111F3N12O16. The lowest BCUT2D eigenvalue weighted by molar-refractivity contribution is -0.161. The lowest BCUT2D eigenvalue weighted by Crippen LogP contribution is -2.71. The molecule has 1 aromatic rings. The van der Waals surface area contributed by atoms with Crippen molar-refractivity contribution in [1.29, 1.82) is 0 Å². The number of fused-ring (bicyclic) bond motifs is 1. The smallest absolute Gasteiger partial charge is 0.419 e. The first-order valence-corrected chi connectivity index (χ1v) is 35.9. The normalized spacial score (nSPS) is 24.5. The highest BCUT2D eigenvalue weighted by Gasteiger charge is 2.59. The molecule has 580 valence electrons. The second kappa shape index (κ2) is 38.4. The zero-order valence-corrected chi connectivity index (χ0v) is 63.3. The molecule has 12 amide bonds. The predicted octanol–water partition coefficient (Wildman–Crippen LogP) is 3.58. The van der Waals surface area contributed by atoms with Crippen molar-refractivity contribution >= 4 is 76.9 Å². The molecule has 2 aliphatic heterocycles. The van der Waals surface area contributed by atoms with Gasteiger partial charge in [-0.1, -0.05) is 77.8 Å². The van der Waals surface area contributed by atoms with Gasteiger partial charge in [0, 0.05) is 75.6 Å². The summed E-state index contributed by atoms with van der Waals surface area (Å²) in [6.07, 6.45) is 1.34. The predicted molar refractivity (Wildman–Crippen MR) is 378 cm³/mol. The summed E-state index contributed by atoms with van der Waals surface area (Å²) in [4.78, 5) is 203. The fraction of sp³-hybridized carbons (Fsp3) is 0.685. The molecule has 0 aromatic heterocycles. The van der Waals surface area contributed by atoms with Gasteiger partial charge in [0.25, 0.3) is 0 Å². The van der Waals surface area contributed by atoms with E-state index in [4.69, 9.17) is 14.2 Å². The summed E-state index contributed by atoms with van der Waals surface area (Å²) >= 11 is 0. The lowest BCUT2D eigenvalue weighted by atomic mass is 9.58. The van der Waals surface area contributed by atoms with Crippen LogP contribution in [0.15, 0.2) is 43.0 Å². The van der Waals surface area contributed by atoms with Crippen LogP contribution in [0.3, 0.4) is 0 Å². The summed E-state index contributed by atoms with van der Waals surface area (Å²) < 4.78 is 58.4. The van der Waals surface area contributed by atoms with Gasteiger partial charge in [-0.05, 0) is 114 Å². The summed E-state index contributed by atoms with van der Waals surface area (Å²) in [5.74, 6) is -11.9. The zero-order valence-electron chi connectivity index (χ0n) is 63.3. The van der Waals surface area contributed by atoms with Gasteiger partial charge in [-0.15, -0.1) is 0 Å². The molecule has 2 aliphatic carbocycles. The van der Waals surface area contributed by atoms with Gasteiger partial charge in [0.2, 0.25) is 70.9 Å². The molecule has 2 saturated heterocycles. The monoisotopic (exact) mass is 1470 g/mol. The molecule has 0 bridgehead atoms. The average Bonchev–Trinajstić information content (AvgIpc) is 0.883. The number of ether oxygens (including phenoxy) is 3. The number of amides is 12. The molecule has 28 nitrogen and oxygen atoms in total. The van der Waals surface area contributed by atoms with Crippen molar-refractivity contribution in [2.75, 3.05) is 116 Å². The van der Waals surface area contributed by atoms with Crippen LogP contribution in [0.4, 0.5) is 13.2 Å². The topological polar surface area (TPSA) is 315 Å². The Morgan fingerprint density at radius 3 is 2.01 bits per heavy atom. The molecule has 2 heterocycles. The minimum Gasteiger partial charge on any atom is -0.496 e. The number of hydrogen-bond donors (Lipinski definition) is 3. The number of carbonyl (C=O) groups excluding carboxylic acids is 13. The van der Waals surface area contributed by atoms with Gasteiger partial charge in [0.05, 0.1) is 51.8 Å². The van der Waals surface area contributed by atoms with Gasteiger partial charge < -0.3 is 74.3 Å². The molecule has 104 heavy (non-hydrogen) atoms. The second-order valence-electron chi connectivity index (χ2n) is 28.7. The van der Waals surface area contributed by atoms with Crippen LogP contribution in [0.25, 0.3) is 0 Å². The fourth-order valence-electron chi connectivity index (χ4n) is 14.3. The molecule has 31 heteroatoms. The zero-order chi connectivity index (χ0) is 77.9. The van der Waals surface area contributed by atoms with E-state index < -0.39 is 192 Å². The van der Waals surface area contributed by atoms with Crippen LogP contribution in [-0.4, -0.2) is 284 Å². The van der Waals surface area contributed by atoms with Gasteiger partial charge in [-0.3, -0.25) is 62.3 Å². The average molecular weight is 1470 g/mol. The summed E-state index contributed by atoms with van der Waals surface area (Å²) in [6.45, 7) is 13.0. The molecular weight excluding hydrogens is 1360 g/mol. The van der Waals surface area contributed by atoms with E-state index in [2.05, 4.69) is 22.5 Å². The van der Waals surface area contributed by atoms with Crippen molar-refractivity contribution in [3.8, 4) is 5.75 Å². The minimum atomic E-state index is -4.79. The summed E-state index contributed by atoms with van der Waals surface area (Å²) in [5.41, 5.74) is -3.01. The molecule has 5 rings (SSSR count). The van der Waals surface area contributed by atoms with E-state index in [0.717, 1.165) is 48.6 Å². The van der Waals surface area contributed by atoms with E-state index in [-0.39, 0.29) is 90.0 Å². The Balaban J connectivity index is 1.69. The van der Waals surface area contributed by atoms with E-state index >= 15 is 19.2 Å². The van der Waals surface area contributed by atoms with E-state index in [9.17, 15) is 56.3 Å². The van der Waals surface area contributed by atoms with Crippen LogP contribution < -0.4 is 20.7 Å². The molecule has 4 aliphatic rings. The number of nitrogens with one attached hydrogen (secondary N) is 3. The molecule has 2 unspecified atom stereocenters. The number of carbonyl (C=O) groups is 13. The van der Waals surface area contributed by atoms with Crippen molar-refractivity contribution in [2.45, 2.75) is 192 Å². The highest BCUT2D eigenvalue weighted by molar-refractivity contribution is 6.01. The summed E-state index contributed by atoms with van der Waals surface area (Å²) in [7, 11) is 10.5. The van der Waals surface area contributed by atoms with E-state index in [1.165, 1.54) is 76.2 Å². The number of halogens is 3. The summed E-state index contributed by atoms with van der Waals surface area (Å²) in [6, 6.07) is -6.85. The maximum absolute atomic E-state index is 15.7. The SMILES string of the molecule is C=CCOC(=O)CC1C(=O)N(C)CC(=O)N[C@@H](CCc2ccc(C(F)(F)F)c(OC)c2)C(=O)N2CCC[C@H]2C(=O)NC2(CC(C)(C)C2)C(=O)N(C)[C@@H](C2CCCC2)C(=O)N(C)[C@H](C(=O)N(C)CC)CC(=O)N(C)[C@@H](COCC)C(=O)NC([C@@H](C)CC)C(=O)N(C)CC(=O)N(C)CC(=O)N1CC/C=C\C. The van der Waals surface area contributed by atoms with Gasteiger partial charge in [-0.2, -0.15) is 13.2 Å². The molecule has 8 atom stereocenters. The largest absolute Gasteiger partial charge is 0.496 e. The van der Waals surface area contributed by atoms with E-state index in [0.29, 0.717) is 32.1 Å². The Morgan fingerprint density at radius 2 is 1.42 bits per heavy atom. The van der Waals surface area contributed by atoms with E-state index in [1.807, 2.05) is 13.8 Å². The first kappa shape index (κ1) is 86.0. The van der Waals surface area contributed by atoms with Crippen LogP contribution >= 0.6 is 0 Å².